The van der Waals surface area contributed by atoms with E-state index in [2.05, 4.69) is 53.4 Å². The Morgan fingerprint density at radius 1 is 0.864 bits per heavy atom. The molecule has 1 N–H and O–H groups in total. The summed E-state index contributed by atoms with van der Waals surface area (Å²) in [6.07, 6.45) is 22.5. The van der Waals surface area contributed by atoms with Gasteiger partial charge in [0.15, 0.2) is 5.78 Å². The van der Waals surface area contributed by atoms with Crippen molar-refractivity contribution >= 4 is 76.9 Å². The molecule has 0 saturated carbocycles. The van der Waals surface area contributed by atoms with Crippen LogP contribution in [0, 0.1) is 49.4 Å². The van der Waals surface area contributed by atoms with E-state index < -0.39 is 11.9 Å². The summed E-state index contributed by atoms with van der Waals surface area (Å²) in [6, 6.07) is 0. The summed E-state index contributed by atoms with van der Waals surface area (Å²) in [5.41, 5.74) is 9.34. The Morgan fingerprint density at radius 3 is 2.15 bits per heavy atom. The third-order valence-corrected chi connectivity index (χ3v) is 14.2. The van der Waals surface area contributed by atoms with Gasteiger partial charge in [-0.2, -0.15) is 0 Å². The standard InChI is InChI=1S/C55H72N4O6.Mg/c1-12-38-35(8)42-27-43-36(9)40(23-24-48(61)65-26-25-34(7)22-16-21-33(6)20-15-19-32(5)18-14-17-31(3)4)52(58-43)50-51(55(63)64-11)54(62)49-37(10)44(59-53(49)50)28-46-39(13-2)41(30-60)47(57-46)29-45(38)56-42;/h12,25,27-33,36,40,51H,1,13-24,26H2,2-11H3,(H2,58,59,60,62);/q-2;+2/p-1/b34-25+,43-27-,47-29-;/t32-,33-,36+,40+,51-;/m1./s1. The molecule has 6 rings (SSSR count). The second-order valence-corrected chi connectivity index (χ2v) is 19.4. The van der Waals surface area contributed by atoms with Crippen LogP contribution in [0.4, 0.5) is 0 Å². The van der Waals surface area contributed by atoms with Gasteiger partial charge in [0.25, 0.3) is 0 Å². The molecule has 1 fully saturated rings. The zero-order chi connectivity index (χ0) is 47.1. The molecule has 350 valence electrons. The summed E-state index contributed by atoms with van der Waals surface area (Å²) in [4.78, 5) is 69.0. The number of methoxy groups -OCH3 is 1. The molecule has 1 aliphatic carbocycles. The molecule has 0 spiro atoms. The number of hydrogen-bond acceptors (Lipinski definition) is 7. The van der Waals surface area contributed by atoms with Gasteiger partial charge in [0.1, 0.15) is 18.8 Å². The van der Waals surface area contributed by atoms with Crippen molar-refractivity contribution < 1.29 is 28.7 Å². The van der Waals surface area contributed by atoms with E-state index in [-0.39, 0.29) is 59.7 Å². The number of hydrogen-bond donors (Lipinski definition) is 1. The minimum atomic E-state index is -1.24. The van der Waals surface area contributed by atoms with Crippen LogP contribution in [0.25, 0.3) is 29.9 Å². The first-order valence-corrected chi connectivity index (χ1v) is 24.1. The summed E-state index contributed by atoms with van der Waals surface area (Å²) in [7, 11) is 1.28. The summed E-state index contributed by atoms with van der Waals surface area (Å²) in [6.45, 7) is 23.6. The summed E-state index contributed by atoms with van der Waals surface area (Å²) in [5, 5.41) is 4.69. The Balaban J connectivity index is 0.00000817. The third-order valence-electron chi connectivity index (χ3n) is 14.2. The van der Waals surface area contributed by atoms with Crippen molar-refractivity contribution in [2.75, 3.05) is 13.7 Å². The van der Waals surface area contributed by atoms with E-state index >= 15 is 0 Å². The fourth-order valence-electron chi connectivity index (χ4n) is 10.1. The average Bonchev–Trinajstić information content (AvgIpc) is 4.02. The monoisotopic (exact) mass is 908 g/mol. The predicted octanol–water partition coefficient (Wildman–Crippen LogP) is 9.09. The maximum absolute atomic E-state index is 14.4. The first-order valence-electron chi connectivity index (χ1n) is 24.1. The molecule has 2 aliphatic heterocycles. The number of nitrogens with zero attached hydrogens (tertiary/aromatic N) is 3. The van der Waals surface area contributed by atoms with Crippen LogP contribution in [-0.4, -0.2) is 60.8 Å². The van der Waals surface area contributed by atoms with Crippen LogP contribution in [-0.2, 0) is 25.5 Å². The van der Waals surface area contributed by atoms with Crippen molar-refractivity contribution in [3.63, 3.8) is 0 Å². The minimum Gasteiger partial charge on any atom is -0.657 e. The topological polar surface area (TPSA) is 141 Å². The van der Waals surface area contributed by atoms with Crippen molar-refractivity contribution in [3.8, 4) is 0 Å². The summed E-state index contributed by atoms with van der Waals surface area (Å²) < 4.78 is 11.0. The number of aromatic nitrogens is 3. The predicted molar refractivity (Wildman–Crippen MR) is 265 cm³/mol. The molecule has 0 amide bonds. The number of ketones is 1. The summed E-state index contributed by atoms with van der Waals surface area (Å²) in [5.74, 6) is -0.781. The van der Waals surface area contributed by atoms with Crippen LogP contribution in [0.3, 0.4) is 0 Å². The van der Waals surface area contributed by atoms with Gasteiger partial charge in [0.05, 0.1) is 7.11 Å². The van der Waals surface area contributed by atoms with Crippen molar-refractivity contribution in [1.82, 2.24) is 20.3 Å². The van der Waals surface area contributed by atoms with E-state index in [9.17, 15) is 19.2 Å². The Morgan fingerprint density at radius 2 is 1.52 bits per heavy atom. The van der Waals surface area contributed by atoms with E-state index in [1.165, 1.54) is 57.6 Å². The van der Waals surface area contributed by atoms with E-state index in [1.54, 1.807) is 6.08 Å². The van der Waals surface area contributed by atoms with Crippen molar-refractivity contribution in [1.29, 1.82) is 0 Å². The quantitative estimate of drug-likeness (QED) is 0.0362. The van der Waals surface area contributed by atoms with Crippen LogP contribution < -0.4 is 31.0 Å². The van der Waals surface area contributed by atoms with E-state index in [1.807, 2.05) is 45.1 Å². The van der Waals surface area contributed by atoms with Gasteiger partial charge in [0, 0.05) is 40.8 Å². The molecule has 10 nitrogen and oxygen atoms in total. The largest absolute Gasteiger partial charge is 2.00 e. The maximum Gasteiger partial charge on any atom is 2.00 e. The Bertz CT molecular complexity index is 2510. The minimum absolute atomic E-state index is 0. The van der Waals surface area contributed by atoms with E-state index in [0.717, 1.165) is 53.4 Å². The fourth-order valence-corrected chi connectivity index (χ4v) is 10.1. The molecule has 0 unspecified atom stereocenters. The third kappa shape index (κ3) is 11.6. The Kier molecular flexibility index (Phi) is 18.6. The SMILES string of the molecule is C=Cc1c2[n-]c(c1C)/C=C1\N/C(=C3\c4[n-]c(c(C)c4C(=O)[C@@H]3C(=O)OC)/C=c3\[n-]/c(c(C=O)c3CC)=C\2)[C@@H](CCC(=O)OC/C=C(\C)CCC[C@H](C)CCC[C@H](C)CCCC(C)C)[C@@H]1C.[Mg+2]. The number of allylic oxidation sites excluding steroid dienone is 3. The van der Waals surface area contributed by atoms with E-state index in [0.29, 0.717) is 80.2 Å². The van der Waals surface area contributed by atoms with Gasteiger partial charge >= 0.3 is 35.0 Å². The van der Waals surface area contributed by atoms with Gasteiger partial charge in [0.2, 0.25) is 0 Å². The zero-order valence-electron chi connectivity index (χ0n) is 41.3. The Labute approximate surface area is 408 Å². The zero-order valence-corrected chi connectivity index (χ0v) is 42.7. The molecule has 0 radical (unpaired) electrons. The Hall–Kier alpha value is -4.61. The molecule has 3 aromatic heterocycles. The van der Waals surface area contributed by atoms with E-state index in [4.69, 9.17) is 24.4 Å². The number of ether oxygens (including phenoxy) is 2. The maximum atomic E-state index is 14.4. The molecule has 5 heterocycles. The van der Waals surface area contributed by atoms with Crippen molar-refractivity contribution in [3.05, 3.63) is 96.5 Å². The number of aldehydes is 1. The second kappa shape index (κ2) is 23.4. The fraction of sp³-hybridized carbons (Fsp3) is 0.527. The molecule has 1 saturated heterocycles. The second-order valence-electron chi connectivity index (χ2n) is 19.4. The smallest absolute Gasteiger partial charge is 0.657 e. The van der Waals surface area contributed by atoms with Crippen LogP contribution in [0.15, 0.2) is 29.6 Å². The average molecular weight is 908 g/mol. The number of carbonyl (C=O) groups excluding carboxylic acids is 4. The molecule has 3 aromatic rings. The molecule has 0 aromatic carbocycles. The number of esters is 2. The number of carbonyl (C=O) groups is 4. The van der Waals surface area contributed by atoms with Gasteiger partial charge in [-0.15, -0.1) is 33.5 Å². The summed E-state index contributed by atoms with van der Waals surface area (Å²) >= 11 is 0. The van der Waals surface area contributed by atoms with Gasteiger partial charge in [-0.25, -0.2) is 0 Å². The van der Waals surface area contributed by atoms with Crippen LogP contribution in [0.5, 0.6) is 0 Å². The number of fused-ring (bicyclic) bond motifs is 7. The molecule has 8 bridgehead atoms. The number of rotatable bonds is 21. The first-order chi connectivity index (χ1) is 31.1. The van der Waals surface area contributed by atoms with Gasteiger partial charge in [-0.3, -0.25) is 19.2 Å². The van der Waals surface area contributed by atoms with Gasteiger partial charge in [-0.05, 0) is 81.4 Å². The molecule has 11 heteroatoms. The molecule has 66 heavy (non-hydrogen) atoms. The number of Topliss-reactive ketones (excluding diaryl/α,β-unsaturated/α-hetero) is 1. The van der Waals surface area contributed by atoms with Gasteiger partial charge in [-0.1, -0.05) is 140 Å². The van der Waals surface area contributed by atoms with Crippen LogP contribution >= 0.6 is 0 Å². The van der Waals surface area contributed by atoms with Crippen LogP contribution in [0.1, 0.15) is 185 Å². The molecule has 3 aliphatic rings. The number of nitrogens with one attached hydrogen (secondary N) is 1. The normalized spacial score (nSPS) is 21.4. The van der Waals surface area contributed by atoms with Gasteiger partial charge < -0.3 is 29.7 Å². The molecular formula is C55H71MgN4O6-. The van der Waals surface area contributed by atoms with Crippen LogP contribution in [0.2, 0.25) is 0 Å². The first kappa shape index (κ1) is 52.4. The van der Waals surface area contributed by atoms with Crippen molar-refractivity contribution in [2.24, 2.45) is 35.5 Å². The molecule has 5 atom stereocenters. The van der Waals surface area contributed by atoms with Crippen molar-refractivity contribution in [2.45, 2.75) is 139 Å². The molecular weight excluding hydrogens is 837 g/mol.